The first-order valence-electron chi connectivity index (χ1n) is 18.7. The molecule has 5 heterocycles. The van der Waals surface area contributed by atoms with Gasteiger partial charge in [0.05, 0.1) is 0 Å². The van der Waals surface area contributed by atoms with Gasteiger partial charge in [0, 0.05) is 69.9 Å². The number of nitrogens with zero attached hydrogens (tertiary/aromatic N) is 2. The predicted octanol–water partition coefficient (Wildman–Crippen LogP) is 2.77. The van der Waals surface area contributed by atoms with E-state index in [9.17, 15) is 40.2 Å². The van der Waals surface area contributed by atoms with Gasteiger partial charge in [-0.3, -0.25) is 0 Å². The number of aliphatic hydroxyl groups is 4. The molecule has 4 bridgehead atoms. The number of carboxylic acid groups (broad SMARTS) is 2. The molecule has 11 rings (SSSR count). The molecular weight excluding hydrogens is 701 g/mol. The number of hydrogen-bond acceptors (Lipinski definition) is 11. The topological polar surface area (TPSA) is 180 Å². The second-order valence-corrected chi connectivity index (χ2v) is 18.1. The average molecular weight is 743 g/mol. The van der Waals surface area contributed by atoms with E-state index in [1.807, 2.05) is 12.2 Å². The zero-order valence-corrected chi connectivity index (χ0v) is 30.2. The SMILES string of the molecule is CN1CC[C@]23C4=C5O[C@H]2[C@@H](O)C=C[C@H]3[C@H]1CC4=CCC5(O)c1c(C(=O)O)sc(C(=O)O)c1C1(O)CC=C2C[C@@H]3[C@@H]4C=C[C@H](O)[C@@H]5OC1=C2[C@]45CCN3C. The third-order valence-electron chi connectivity index (χ3n) is 15.1. The average Bonchev–Trinajstić information content (AvgIpc) is 3.82. The smallest absolute Gasteiger partial charge is 0.346 e. The van der Waals surface area contributed by atoms with Crippen molar-refractivity contribution in [1.82, 2.24) is 9.80 Å². The van der Waals surface area contributed by atoms with E-state index in [1.165, 1.54) is 0 Å². The van der Waals surface area contributed by atoms with Crippen LogP contribution in [0.4, 0.5) is 0 Å². The van der Waals surface area contributed by atoms with Gasteiger partial charge in [0.25, 0.3) is 0 Å². The molecule has 4 fully saturated rings. The molecule has 1 aromatic heterocycles. The summed E-state index contributed by atoms with van der Waals surface area (Å²) < 4.78 is 13.5. The molecule has 0 amide bonds. The lowest BCUT2D eigenvalue weighted by atomic mass is 9.50. The molecule has 278 valence electrons. The van der Waals surface area contributed by atoms with Gasteiger partial charge < -0.3 is 49.9 Å². The van der Waals surface area contributed by atoms with Crippen molar-refractivity contribution in [2.45, 2.75) is 86.2 Å². The molecule has 53 heavy (non-hydrogen) atoms. The minimum atomic E-state index is -2.19. The van der Waals surface area contributed by atoms with E-state index in [-0.39, 0.29) is 59.4 Å². The van der Waals surface area contributed by atoms with Crippen LogP contribution in [0.5, 0.6) is 0 Å². The molecular formula is C40H42N2O10S. The van der Waals surface area contributed by atoms with Gasteiger partial charge >= 0.3 is 11.9 Å². The highest BCUT2D eigenvalue weighted by Gasteiger charge is 2.71. The van der Waals surface area contributed by atoms with Crippen LogP contribution in [-0.4, -0.2) is 116 Å². The Morgan fingerprint density at radius 2 is 1.13 bits per heavy atom. The molecule has 13 heteroatoms. The largest absolute Gasteiger partial charge is 0.487 e. The van der Waals surface area contributed by atoms with Gasteiger partial charge in [0.2, 0.25) is 0 Å². The molecule has 6 N–H and O–H groups in total. The highest BCUT2D eigenvalue weighted by Crippen LogP contribution is 2.70. The fourth-order valence-corrected chi connectivity index (χ4v) is 14.1. The van der Waals surface area contributed by atoms with Crippen molar-refractivity contribution in [3.05, 3.63) is 91.1 Å². The van der Waals surface area contributed by atoms with E-state index >= 15 is 0 Å². The lowest BCUT2D eigenvalue weighted by molar-refractivity contribution is -0.106. The van der Waals surface area contributed by atoms with E-state index < -0.39 is 68.1 Å². The van der Waals surface area contributed by atoms with E-state index in [0.717, 1.165) is 35.4 Å². The van der Waals surface area contributed by atoms with Crippen LogP contribution in [-0.2, 0) is 20.7 Å². The minimum Gasteiger partial charge on any atom is -0.487 e. The second kappa shape index (κ2) is 10.2. The van der Waals surface area contributed by atoms with Crippen LogP contribution >= 0.6 is 11.3 Å². The van der Waals surface area contributed by atoms with Crippen molar-refractivity contribution in [3.8, 4) is 0 Å². The highest BCUT2D eigenvalue weighted by molar-refractivity contribution is 7.16. The predicted molar refractivity (Wildman–Crippen MR) is 189 cm³/mol. The van der Waals surface area contributed by atoms with Crippen molar-refractivity contribution in [3.63, 3.8) is 0 Å². The molecule has 2 saturated carbocycles. The van der Waals surface area contributed by atoms with Crippen molar-refractivity contribution in [1.29, 1.82) is 0 Å². The molecule has 0 radical (unpaired) electrons. The summed E-state index contributed by atoms with van der Waals surface area (Å²) in [6.07, 6.45) is 10.4. The van der Waals surface area contributed by atoms with Crippen LogP contribution in [0.15, 0.2) is 70.3 Å². The molecule has 1 aromatic rings. The number of carbonyl (C=O) groups is 2. The van der Waals surface area contributed by atoms with Gasteiger partial charge in [-0.15, -0.1) is 11.3 Å². The Hall–Kier alpha value is -3.56. The summed E-state index contributed by atoms with van der Waals surface area (Å²) >= 11 is 0.518. The van der Waals surface area contributed by atoms with Crippen molar-refractivity contribution < 1.29 is 49.7 Å². The van der Waals surface area contributed by atoms with Crippen molar-refractivity contribution >= 4 is 23.3 Å². The molecule has 12 atom stereocenters. The Kier molecular flexibility index (Phi) is 6.31. The van der Waals surface area contributed by atoms with Gasteiger partial charge in [-0.1, -0.05) is 36.5 Å². The molecule has 10 aliphatic rings. The number of aliphatic hydroxyl groups excluding tert-OH is 2. The summed E-state index contributed by atoms with van der Waals surface area (Å²) in [5.41, 5.74) is -2.67. The lowest BCUT2D eigenvalue weighted by Gasteiger charge is -2.58. The molecule has 0 aromatic carbocycles. The number of hydrogen-bond donors (Lipinski definition) is 6. The Bertz CT molecular complexity index is 2000. The fraction of sp³-hybridized carbons (Fsp3) is 0.550. The number of aromatic carboxylic acids is 2. The van der Waals surface area contributed by atoms with Crippen LogP contribution < -0.4 is 0 Å². The van der Waals surface area contributed by atoms with Crippen LogP contribution in [0.3, 0.4) is 0 Å². The van der Waals surface area contributed by atoms with Crippen LogP contribution in [0.25, 0.3) is 0 Å². The number of piperidine rings is 2. The lowest BCUT2D eigenvalue weighted by Crippen LogP contribution is -2.62. The van der Waals surface area contributed by atoms with Crippen LogP contribution in [0, 0.1) is 22.7 Å². The van der Waals surface area contributed by atoms with E-state index in [1.54, 1.807) is 12.2 Å². The fourth-order valence-electron chi connectivity index (χ4n) is 12.9. The third-order valence-corrected chi connectivity index (χ3v) is 16.3. The molecule has 2 spiro atoms. The molecule has 12 nitrogen and oxygen atoms in total. The minimum absolute atomic E-state index is 0.0256. The van der Waals surface area contributed by atoms with Gasteiger partial charge in [-0.2, -0.15) is 0 Å². The van der Waals surface area contributed by atoms with Crippen molar-refractivity contribution in [2.24, 2.45) is 22.7 Å². The van der Waals surface area contributed by atoms with Crippen molar-refractivity contribution in [2.75, 3.05) is 27.2 Å². The number of rotatable bonds is 4. The number of carboxylic acids is 2. The van der Waals surface area contributed by atoms with E-state index in [0.29, 0.717) is 37.0 Å². The standard InChI is InChI=1S/C40H42N2O10S/c1-41-13-11-37-19-3-5-23(43)31(37)51-33-25(37)17(15-21(19)41)7-9-39(33,49)27-28(30(36(47)48)53-29(27)35(45)46)40(50)10-8-18-16-22-20-4-6-24(44)32-38(20,12-14-42(22)2)26(18)34(40)52-32/h3-8,19-24,31-32,43-44,49-50H,9-16H2,1-2H3,(H,45,46)(H,47,48)/t19-,20-,21+,22+,23-,24-,31-,32-,37-,38-,39?,40?/m0/s1. The zero-order valence-electron chi connectivity index (χ0n) is 29.4. The number of ether oxygens (including phenoxy) is 2. The van der Waals surface area contributed by atoms with Gasteiger partial charge in [-0.25, -0.2) is 9.59 Å². The molecule has 6 aliphatic carbocycles. The maximum atomic E-state index is 13.3. The third kappa shape index (κ3) is 3.60. The zero-order chi connectivity index (χ0) is 36.7. The summed E-state index contributed by atoms with van der Waals surface area (Å²) in [6, 6.07) is 0.291. The molecule has 4 aliphatic heterocycles. The molecule has 2 unspecified atom stereocenters. The highest BCUT2D eigenvalue weighted by atomic mass is 32.1. The maximum Gasteiger partial charge on any atom is 0.346 e. The first-order chi connectivity index (χ1) is 25.3. The second-order valence-electron chi connectivity index (χ2n) is 17.1. The summed E-state index contributed by atoms with van der Waals surface area (Å²) in [5, 5.41) is 71.1. The summed E-state index contributed by atoms with van der Waals surface area (Å²) in [7, 11) is 4.19. The van der Waals surface area contributed by atoms with E-state index in [4.69, 9.17) is 9.47 Å². The van der Waals surface area contributed by atoms with Gasteiger partial charge in [0.15, 0.2) is 11.2 Å². The van der Waals surface area contributed by atoms with Gasteiger partial charge in [-0.05, 0) is 64.0 Å². The Morgan fingerprint density at radius 1 is 0.717 bits per heavy atom. The Morgan fingerprint density at radius 3 is 1.53 bits per heavy atom. The Labute approximate surface area is 309 Å². The maximum absolute atomic E-state index is 13.3. The van der Waals surface area contributed by atoms with E-state index in [2.05, 4.69) is 36.0 Å². The summed E-state index contributed by atoms with van der Waals surface area (Å²) in [5.74, 6) is -2.65. The number of likely N-dealkylation sites (tertiary alicyclic amines) is 2. The first kappa shape index (κ1) is 32.8. The van der Waals surface area contributed by atoms with Gasteiger partial charge in [0.1, 0.15) is 45.7 Å². The number of thiophene rings is 1. The quantitative estimate of drug-likeness (QED) is 0.249. The van der Waals surface area contributed by atoms with Crippen LogP contribution in [0.1, 0.15) is 69.0 Å². The Balaban J connectivity index is 1.15. The monoisotopic (exact) mass is 742 g/mol. The van der Waals surface area contributed by atoms with Crippen LogP contribution in [0.2, 0.25) is 0 Å². The summed E-state index contributed by atoms with van der Waals surface area (Å²) in [6.45, 7) is 1.47. The molecule has 2 saturated heterocycles. The summed E-state index contributed by atoms with van der Waals surface area (Å²) in [4.78, 5) is 30.4. The first-order valence-corrected chi connectivity index (χ1v) is 19.5. The normalized spacial score (nSPS) is 45.6.